The molecular weight excluding hydrogens is 481 g/mol. The van der Waals surface area contributed by atoms with Crippen molar-refractivity contribution in [1.29, 1.82) is 0 Å². The first-order valence-corrected chi connectivity index (χ1v) is 24.1. The second-order valence-corrected chi connectivity index (χ2v) is 31.6. The summed E-state index contributed by atoms with van der Waals surface area (Å²) in [6.45, 7) is 36.1. The fraction of sp³-hybridized carbons (Fsp3) is 1.00. The van der Waals surface area contributed by atoms with Crippen LogP contribution in [0, 0.1) is 0 Å². The Balaban J connectivity index is 2.30. The summed E-state index contributed by atoms with van der Waals surface area (Å²) in [5, 5.41) is -0.345. The number of rotatable bonds is 13. The largest absolute Gasteiger partial charge is 0.413 e. The molecule has 2 aliphatic heterocycles. The van der Waals surface area contributed by atoms with Gasteiger partial charge in [-0.25, -0.2) is 0 Å². The van der Waals surface area contributed by atoms with E-state index in [4.69, 9.17) is 22.8 Å². The van der Waals surface area contributed by atoms with E-state index < -0.39 is 33.7 Å². The number of ether oxygens (including phenoxy) is 2. The average molecular weight is 535 g/mol. The lowest BCUT2D eigenvalue weighted by atomic mass is 9.95. The number of hydrogen-bond acceptors (Lipinski definition) is 5. The van der Waals surface area contributed by atoms with Crippen LogP contribution in [0.2, 0.25) is 56.9 Å². The molecular formula is C24H54O5Si4. The van der Waals surface area contributed by atoms with E-state index in [1.165, 1.54) is 0 Å². The summed E-state index contributed by atoms with van der Waals surface area (Å²) < 4.78 is 32.8. The molecule has 0 spiro atoms. The molecule has 196 valence electrons. The predicted octanol–water partition coefficient (Wildman–Crippen LogP) is 6.04. The molecule has 0 bridgehead atoms. The fourth-order valence-electron chi connectivity index (χ4n) is 4.77. The molecule has 2 saturated heterocycles. The van der Waals surface area contributed by atoms with E-state index in [0.717, 1.165) is 12.7 Å². The quantitative estimate of drug-likeness (QED) is 0.213. The van der Waals surface area contributed by atoms with Crippen molar-refractivity contribution >= 4 is 33.7 Å². The maximum absolute atomic E-state index is 7.31. The molecule has 0 aromatic carbocycles. The Kier molecular flexibility index (Phi) is 8.34. The maximum atomic E-state index is 7.31. The number of hydrogen-bond donors (Lipinski definition) is 0. The van der Waals surface area contributed by atoms with Gasteiger partial charge in [0.25, 0.3) is 0 Å². The minimum atomic E-state index is -2.28. The molecule has 0 aromatic heterocycles. The first kappa shape index (κ1) is 29.9. The monoisotopic (exact) mass is 534 g/mol. The van der Waals surface area contributed by atoms with E-state index in [1.807, 2.05) is 0 Å². The highest BCUT2D eigenvalue weighted by atomic mass is 28.4. The van der Waals surface area contributed by atoms with Crippen LogP contribution in [-0.4, -0.2) is 74.8 Å². The van der Waals surface area contributed by atoms with Crippen LogP contribution in [0.15, 0.2) is 0 Å². The van der Waals surface area contributed by atoms with Gasteiger partial charge in [-0.05, 0) is 80.7 Å². The summed E-state index contributed by atoms with van der Waals surface area (Å²) in [6, 6.07) is 1.07. The zero-order valence-electron chi connectivity index (χ0n) is 24.4. The van der Waals surface area contributed by atoms with Gasteiger partial charge in [-0.3, -0.25) is 0 Å². The average Bonchev–Trinajstić information content (AvgIpc) is 3.47. The first-order chi connectivity index (χ1) is 14.5. The lowest BCUT2D eigenvalue weighted by Crippen LogP contribution is -2.59. The van der Waals surface area contributed by atoms with Gasteiger partial charge in [0.15, 0.2) is 8.32 Å². The minimum Gasteiger partial charge on any atom is -0.413 e. The zero-order valence-corrected chi connectivity index (χ0v) is 28.5. The molecule has 2 fully saturated rings. The highest BCUT2D eigenvalue weighted by Gasteiger charge is 2.79. The Bertz CT molecular complexity index is 696. The van der Waals surface area contributed by atoms with Crippen LogP contribution in [0.3, 0.4) is 0 Å². The molecule has 33 heavy (non-hydrogen) atoms. The predicted molar refractivity (Wildman–Crippen MR) is 149 cm³/mol. The molecule has 0 amide bonds. The minimum absolute atomic E-state index is 0.0166. The van der Waals surface area contributed by atoms with Crippen molar-refractivity contribution in [3.8, 4) is 0 Å². The normalized spacial score (nSPS) is 30.8. The molecule has 0 aliphatic carbocycles. The Morgan fingerprint density at radius 3 is 2.00 bits per heavy atom. The lowest BCUT2D eigenvalue weighted by Gasteiger charge is -2.47. The van der Waals surface area contributed by atoms with Crippen molar-refractivity contribution < 1.29 is 22.8 Å². The van der Waals surface area contributed by atoms with E-state index in [-0.39, 0.29) is 32.9 Å². The second kappa shape index (κ2) is 9.20. The van der Waals surface area contributed by atoms with Crippen molar-refractivity contribution in [3.05, 3.63) is 0 Å². The fourth-order valence-corrected chi connectivity index (χ4v) is 17.3. The van der Waals surface area contributed by atoms with E-state index in [0.29, 0.717) is 6.61 Å². The molecule has 0 radical (unpaired) electrons. The molecule has 0 saturated carbocycles. The lowest BCUT2D eigenvalue weighted by molar-refractivity contribution is 0.0356. The molecule has 0 aromatic rings. The van der Waals surface area contributed by atoms with Crippen LogP contribution < -0.4 is 0 Å². The van der Waals surface area contributed by atoms with Gasteiger partial charge in [0, 0.05) is 10.3 Å². The van der Waals surface area contributed by atoms with Crippen LogP contribution in [0.5, 0.6) is 0 Å². The summed E-state index contributed by atoms with van der Waals surface area (Å²) in [5.41, 5.74) is -0.192. The van der Waals surface area contributed by atoms with Gasteiger partial charge in [-0.15, -0.1) is 0 Å². The molecule has 2 aliphatic rings. The molecule has 5 unspecified atom stereocenters. The standard InChI is InChI=1S/C24H54O5Si4/c1-19(25-16-20-17-26-20)33(29-23(6,7)31(10,11)12)18-24(33,8)21(2,3)27-30(9)22(4,5)28-32(13,14)15/h19-20,30H,16-18H2,1-15H3. The molecule has 2 heterocycles. The van der Waals surface area contributed by atoms with Crippen LogP contribution in [0.1, 0.15) is 55.4 Å². The third-order valence-electron chi connectivity index (χ3n) is 8.61. The smallest absolute Gasteiger partial charge is 0.229 e. The first-order valence-electron chi connectivity index (χ1n) is 12.8. The summed E-state index contributed by atoms with van der Waals surface area (Å²) in [4.78, 5) is 0. The molecule has 9 heteroatoms. The second-order valence-electron chi connectivity index (χ2n) is 14.3. The SMILES string of the molecule is CC(OCC1CO1)[Si]1(OC(C)(C)[Si](C)(C)C)CC1(C)C(C)(C)O[SiH](C)C(C)(C)O[Si](C)(C)C. The van der Waals surface area contributed by atoms with E-state index >= 15 is 0 Å². The van der Waals surface area contributed by atoms with Gasteiger partial charge >= 0.3 is 0 Å². The molecule has 5 atom stereocenters. The highest BCUT2D eigenvalue weighted by Crippen LogP contribution is 2.72. The van der Waals surface area contributed by atoms with Gasteiger partial charge in [0.2, 0.25) is 17.4 Å². The van der Waals surface area contributed by atoms with Crippen LogP contribution in [0.4, 0.5) is 0 Å². The van der Waals surface area contributed by atoms with Crippen molar-refractivity contribution in [2.24, 2.45) is 0 Å². The summed E-state index contributed by atoms with van der Waals surface area (Å²) >= 11 is 0. The third-order valence-corrected chi connectivity index (χ3v) is 22.7. The van der Waals surface area contributed by atoms with Crippen LogP contribution in [-0.2, 0) is 22.8 Å². The van der Waals surface area contributed by atoms with E-state index in [9.17, 15) is 0 Å². The van der Waals surface area contributed by atoms with Gasteiger partial charge in [-0.1, -0.05) is 26.6 Å². The molecule has 5 nitrogen and oxygen atoms in total. The maximum Gasteiger partial charge on any atom is 0.229 e. The van der Waals surface area contributed by atoms with Crippen LogP contribution in [0.25, 0.3) is 0 Å². The van der Waals surface area contributed by atoms with Crippen molar-refractivity contribution in [1.82, 2.24) is 0 Å². The summed E-state index contributed by atoms with van der Waals surface area (Å²) in [6.07, 6.45) is 0.268. The van der Waals surface area contributed by atoms with Gasteiger partial charge < -0.3 is 22.8 Å². The topological polar surface area (TPSA) is 49.5 Å². The Hall–Kier alpha value is 0.668. The Morgan fingerprint density at radius 2 is 1.58 bits per heavy atom. The zero-order chi connectivity index (χ0) is 25.9. The van der Waals surface area contributed by atoms with Gasteiger partial charge in [-0.2, -0.15) is 0 Å². The number of epoxide rings is 1. The van der Waals surface area contributed by atoms with Crippen LogP contribution >= 0.6 is 0 Å². The Morgan fingerprint density at radius 1 is 1.06 bits per heavy atom. The van der Waals surface area contributed by atoms with Crippen molar-refractivity contribution in [3.63, 3.8) is 0 Å². The van der Waals surface area contributed by atoms with E-state index in [2.05, 4.69) is 101 Å². The third kappa shape index (κ3) is 6.52. The van der Waals surface area contributed by atoms with Crippen molar-refractivity contribution in [2.75, 3.05) is 13.2 Å². The van der Waals surface area contributed by atoms with Gasteiger partial charge in [0.05, 0.1) is 37.8 Å². The molecule has 2 rings (SSSR count). The van der Waals surface area contributed by atoms with Crippen molar-refractivity contribution in [2.45, 2.75) is 140 Å². The summed E-state index contributed by atoms with van der Waals surface area (Å²) in [5.74, 6) is 0. The van der Waals surface area contributed by atoms with E-state index in [1.54, 1.807) is 0 Å². The Labute approximate surface area is 209 Å². The van der Waals surface area contributed by atoms with Gasteiger partial charge in [0.1, 0.15) is 6.10 Å². The highest BCUT2D eigenvalue weighted by molar-refractivity contribution is 6.90. The molecule has 0 N–H and O–H groups in total. The summed E-state index contributed by atoms with van der Waals surface area (Å²) in [7, 11) is -7.17.